The van der Waals surface area contributed by atoms with Gasteiger partial charge in [0.25, 0.3) is 0 Å². The molecule has 1 amide bonds. The van der Waals surface area contributed by atoms with Gasteiger partial charge >= 0.3 is 0 Å². The van der Waals surface area contributed by atoms with Gasteiger partial charge in [-0.05, 0) is 31.9 Å². The average Bonchev–Trinajstić information content (AvgIpc) is 2.68. The van der Waals surface area contributed by atoms with Crippen LogP contribution in [0.15, 0.2) is 30.3 Å². The van der Waals surface area contributed by atoms with E-state index < -0.39 is 0 Å². The molecular formula is C20H31N3O. The van der Waals surface area contributed by atoms with E-state index in [0.29, 0.717) is 11.9 Å². The van der Waals surface area contributed by atoms with Crippen molar-refractivity contribution in [1.82, 2.24) is 9.80 Å². The second kappa shape index (κ2) is 8.02. The third kappa shape index (κ3) is 3.92. The average molecular weight is 329 g/mol. The number of nitrogens with zero attached hydrogens (tertiary/aromatic N) is 3. The Kier molecular flexibility index (Phi) is 5.77. The first-order valence-electron chi connectivity index (χ1n) is 9.47. The van der Waals surface area contributed by atoms with Gasteiger partial charge in [-0.2, -0.15) is 0 Å². The van der Waals surface area contributed by atoms with Gasteiger partial charge in [0.2, 0.25) is 5.91 Å². The lowest BCUT2D eigenvalue weighted by atomic mass is 9.94. The van der Waals surface area contributed by atoms with E-state index in [4.69, 9.17) is 0 Å². The van der Waals surface area contributed by atoms with Gasteiger partial charge in [0.1, 0.15) is 0 Å². The van der Waals surface area contributed by atoms with Crippen molar-refractivity contribution in [2.45, 2.75) is 51.1 Å². The van der Waals surface area contributed by atoms with E-state index in [1.165, 1.54) is 37.8 Å². The van der Waals surface area contributed by atoms with Crippen molar-refractivity contribution in [2.75, 3.05) is 38.1 Å². The molecule has 1 heterocycles. The molecule has 0 bridgehead atoms. The molecule has 3 rings (SSSR count). The molecule has 0 N–H and O–H groups in total. The minimum atomic E-state index is -0.00477. The Balaban J connectivity index is 1.52. The molecule has 1 atom stereocenters. The zero-order chi connectivity index (χ0) is 16.9. The van der Waals surface area contributed by atoms with Crippen LogP contribution in [0.5, 0.6) is 0 Å². The van der Waals surface area contributed by atoms with Crippen LogP contribution in [0.4, 0.5) is 5.69 Å². The van der Waals surface area contributed by atoms with Crippen molar-refractivity contribution >= 4 is 11.6 Å². The zero-order valence-electron chi connectivity index (χ0n) is 15.2. The second-order valence-electron chi connectivity index (χ2n) is 7.28. The van der Waals surface area contributed by atoms with Gasteiger partial charge in [0.15, 0.2) is 0 Å². The minimum absolute atomic E-state index is 0.00477. The predicted octanol–water partition coefficient (Wildman–Crippen LogP) is 2.99. The van der Waals surface area contributed by atoms with E-state index in [9.17, 15) is 4.79 Å². The summed E-state index contributed by atoms with van der Waals surface area (Å²) in [5, 5.41) is 0. The summed E-state index contributed by atoms with van der Waals surface area (Å²) in [7, 11) is 2.01. The molecule has 2 aliphatic rings. The topological polar surface area (TPSA) is 26.8 Å². The molecule has 1 aliphatic heterocycles. The maximum absolute atomic E-state index is 12.9. The maximum Gasteiger partial charge on any atom is 0.239 e. The van der Waals surface area contributed by atoms with E-state index in [1.807, 2.05) is 11.9 Å². The number of anilines is 1. The van der Waals surface area contributed by atoms with Gasteiger partial charge in [-0.1, -0.05) is 37.5 Å². The van der Waals surface area contributed by atoms with Gasteiger partial charge in [-0.3, -0.25) is 9.69 Å². The standard InChI is InChI=1S/C20H31N3O/c1-17(20(24)21(2)18-9-5-3-6-10-18)22-13-15-23(16-14-22)19-11-7-4-8-12-19/h4,7-8,11-12,17-18H,3,5-6,9-10,13-16H2,1-2H3. The minimum Gasteiger partial charge on any atom is -0.369 e. The molecule has 0 radical (unpaired) electrons. The van der Waals surface area contributed by atoms with Crippen LogP contribution in [0.25, 0.3) is 0 Å². The Morgan fingerprint density at radius 2 is 1.67 bits per heavy atom. The highest BCUT2D eigenvalue weighted by atomic mass is 16.2. The highest BCUT2D eigenvalue weighted by Gasteiger charge is 2.30. The summed E-state index contributed by atoms with van der Waals surface area (Å²) in [6, 6.07) is 11.0. The summed E-state index contributed by atoms with van der Waals surface area (Å²) in [4.78, 5) is 19.7. The van der Waals surface area contributed by atoms with Crippen LogP contribution in [0, 0.1) is 0 Å². The first kappa shape index (κ1) is 17.3. The third-order valence-corrected chi connectivity index (χ3v) is 5.81. The molecule has 4 heteroatoms. The van der Waals surface area contributed by atoms with E-state index >= 15 is 0 Å². The van der Waals surface area contributed by atoms with Gasteiger partial charge < -0.3 is 9.80 Å². The Morgan fingerprint density at radius 3 is 2.29 bits per heavy atom. The monoisotopic (exact) mass is 329 g/mol. The number of amides is 1. The fourth-order valence-corrected chi connectivity index (χ4v) is 4.11. The van der Waals surface area contributed by atoms with Crippen LogP contribution in [0.1, 0.15) is 39.0 Å². The smallest absolute Gasteiger partial charge is 0.239 e. The number of carbonyl (C=O) groups is 1. The Hall–Kier alpha value is -1.55. The first-order chi connectivity index (χ1) is 11.7. The Labute approximate surface area is 146 Å². The fourth-order valence-electron chi connectivity index (χ4n) is 4.11. The van der Waals surface area contributed by atoms with Crippen molar-refractivity contribution in [3.8, 4) is 0 Å². The first-order valence-corrected chi connectivity index (χ1v) is 9.47. The quantitative estimate of drug-likeness (QED) is 0.850. The molecule has 1 saturated heterocycles. The largest absolute Gasteiger partial charge is 0.369 e. The number of hydrogen-bond donors (Lipinski definition) is 0. The van der Waals surface area contributed by atoms with Gasteiger partial charge in [-0.25, -0.2) is 0 Å². The lowest BCUT2D eigenvalue weighted by molar-refractivity contribution is -0.138. The molecule has 1 saturated carbocycles. The maximum atomic E-state index is 12.9. The lowest BCUT2D eigenvalue weighted by Gasteiger charge is -2.41. The molecule has 1 unspecified atom stereocenters. The van der Waals surface area contributed by atoms with Crippen molar-refractivity contribution in [1.29, 1.82) is 0 Å². The second-order valence-corrected chi connectivity index (χ2v) is 7.28. The summed E-state index contributed by atoms with van der Waals surface area (Å²) >= 11 is 0. The van der Waals surface area contributed by atoms with Crippen LogP contribution < -0.4 is 4.90 Å². The molecule has 4 nitrogen and oxygen atoms in total. The number of benzene rings is 1. The summed E-state index contributed by atoms with van der Waals surface area (Å²) < 4.78 is 0. The highest BCUT2D eigenvalue weighted by Crippen LogP contribution is 2.23. The van der Waals surface area contributed by atoms with Crippen molar-refractivity contribution in [3.05, 3.63) is 30.3 Å². The predicted molar refractivity (Wildman–Crippen MR) is 99.3 cm³/mol. The molecule has 1 aliphatic carbocycles. The number of carbonyl (C=O) groups excluding carboxylic acids is 1. The number of likely N-dealkylation sites (N-methyl/N-ethyl adjacent to an activating group) is 1. The van der Waals surface area contributed by atoms with E-state index in [-0.39, 0.29) is 6.04 Å². The molecule has 1 aromatic carbocycles. The van der Waals surface area contributed by atoms with E-state index in [2.05, 4.69) is 47.1 Å². The van der Waals surface area contributed by atoms with Crippen molar-refractivity contribution < 1.29 is 4.79 Å². The number of para-hydroxylation sites is 1. The van der Waals surface area contributed by atoms with Crippen LogP contribution in [0.2, 0.25) is 0 Å². The van der Waals surface area contributed by atoms with Crippen LogP contribution in [-0.4, -0.2) is 61.0 Å². The van der Waals surface area contributed by atoms with Gasteiger partial charge in [-0.15, -0.1) is 0 Å². The van der Waals surface area contributed by atoms with Crippen LogP contribution >= 0.6 is 0 Å². The zero-order valence-corrected chi connectivity index (χ0v) is 15.2. The molecule has 0 aromatic heterocycles. The number of hydrogen-bond acceptors (Lipinski definition) is 3. The van der Waals surface area contributed by atoms with Gasteiger partial charge in [0, 0.05) is 45.0 Å². The normalized spacial score (nSPS) is 21.5. The van der Waals surface area contributed by atoms with Crippen molar-refractivity contribution in [3.63, 3.8) is 0 Å². The van der Waals surface area contributed by atoms with Gasteiger partial charge in [0.05, 0.1) is 6.04 Å². The summed E-state index contributed by atoms with van der Waals surface area (Å²) in [5.74, 6) is 0.301. The molecule has 2 fully saturated rings. The van der Waals surface area contributed by atoms with Crippen molar-refractivity contribution in [2.24, 2.45) is 0 Å². The molecule has 132 valence electrons. The van der Waals surface area contributed by atoms with E-state index in [0.717, 1.165) is 26.2 Å². The highest BCUT2D eigenvalue weighted by molar-refractivity contribution is 5.81. The number of piperazine rings is 1. The van der Waals surface area contributed by atoms with Crippen LogP contribution in [0.3, 0.4) is 0 Å². The Bertz CT molecular complexity index is 519. The molecule has 1 aromatic rings. The number of rotatable bonds is 4. The summed E-state index contributed by atoms with van der Waals surface area (Å²) in [6.07, 6.45) is 6.22. The lowest BCUT2D eigenvalue weighted by Crippen LogP contribution is -2.55. The van der Waals surface area contributed by atoms with E-state index in [1.54, 1.807) is 0 Å². The fraction of sp³-hybridized carbons (Fsp3) is 0.650. The third-order valence-electron chi connectivity index (χ3n) is 5.81. The summed E-state index contributed by atoms with van der Waals surface area (Å²) in [6.45, 7) is 5.99. The van der Waals surface area contributed by atoms with Crippen LogP contribution in [-0.2, 0) is 4.79 Å². The molecular weight excluding hydrogens is 298 g/mol. The Morgan fingerprint density at radius 1 is 1.04 bits per heavy atom. The molecule has 24 heavy (non-hydrogen) atoms. The molecule has 0 spiro atoms. The SMILES string of the molecule is CC(C(=O)N(C)C1CCCCC1)N1CCN(c2ccccc2)CC1. The summed E-state index contributed by atoms with van der Waals surface area (Å²) in [5.41, 5.74) is 1.29.